The van der Waals surface area contributed by atoms with Crippen molar-refractivity contribution in [1.29, 1.82) is 0 Å². The van der Waals surface area contributed by atoms with Gasteiger partial charge in [0.1, 0.15) is 12.4 Å². The van der Waals surface area contributed by atoms with Crippen molar-refractivity contribution < 1.29 is 9.47 Å². The molecular formula is C10H13BrO2. The maximum atomic E-state index is 5.44. The molecule has 1 aromatic rings. The number of benzene rings is 1. The lowest BCUT2D eigenvalue weighted by Crippen LogP contribution is -2.04. The lowest BCUT2D eigenvalue weighted by molar-refractivity contribution is 0.146. The zero-order valence-corrected chi connectivity index (χ0v) is 9.21. The van der Waals surface area contributed by atoms with Gasteiger partial charge in [-0.1, -0.05) is 28.1 Å². The van der Waals surface area contributed by atoms with Gasteiger partial charge < -0.3 is 9.47 Å². The first-order valence-electron chi connectivity index (χ1n) is 4.13. The van der Waals surface area contributed by atoms with E-state index in [4.69, 9.17) is 9.47 Å². The third-order valence-corrected chi connectivity index (χ3v) is 2.26. The van der Waals surface area contributed by atoms with E-state index in [-0.39, 0.29) is 0 Å². The van der Waals surface area contributed by atoms with Gasteiger partial charge in [0.05, 0.1) is 6.61 Å². The molecule has 13 heavy (non-hydrogen) atoms. The van der Waals surface area contributed by atoms with Crippen LogP contribution < -0.4 is 4.74 Å². The Morgan fingerprint density at radius 3 is 2.85 bits per heavy atom. The molecule has 0 aliphatic heterocycles. The van der Waals surface area contributed by atoms with Crippen molar-refractivity contribution in [2.75, 3.05) is 20.3 Å². The fraction of sp³-hybridized carbons (Fsp3) is 0.400. The Hall–Kier alpha value is -0.540. The van der Waals surface area contributed by atoms with E-state index in [1.807, 2.05) is 18.2 Å². The van der Waals surface area contributed by atoms with Crippen LogP contribution in [0.15, 0.2) is 24.3 Å². The van der Waals surface area contributed by atoms with E-state index in [1.165, 1.54) is 5.56 Å². The van der Waals surface area contributed by atoms with Gasteiger partial charge in [-0.15, -0.1) is 0 Å². The number of hydrogen-bond donors (Lipinski definition) is 0. The summed E-state index contributed by atoms with van der Waals surface area (Å²) in [5.41, 5.74) is 1.22. The summed E-state index contributed by atoms with van der Waals surface area (Å²) in [5.74, 6) is 0.897. The Morgan fingerprint density at radius 2 is 2.15 bits per heavy atom. The van der Waals surface area contributed by atoms with Crippen LogP contribution in [0.1, 0.15) is 5.56 Å². The Labute approximate surface area is 87.0 Å². The van der Waals surface area contributed by atoms with E-state index in [0.29, 0.717) is 13.2 Å². The Balaban J connectivity index is 2.46. The van der Waals surface area contributed by atoms with E-state index < -0.39 is 0 Å². The summed E-state index contributed by atoms with van der Waals surface area (Å²) < 4.78 is 10.3. The van der Waals surface area contributed by atoms with Gasteiger partial charge in [0, 0.05) is 12.4 Å². The zero-order chi connectivity index (χ0) is 9.52. The van der Waals surface area contributed by atoms with Crippen LogP contribution in [0.25, 0.3) is 0 Å². The van der Waals surface area contributed by atoms with Crippen LogP contribution in [0, 0.1) is 0 Å². The third kappa shape index (κ3) is 3.79. The fourth-order valence-corrected chi connectivity index (χ4v) is 1.31. The maximum absolute atomic E-state index is 5.44. The number of hydrogen-bond acceptors (Lipinski definition) is 2. The van der Waals surface area contributed by atoms with Gasteiger partial charge in [-0.3, -0.25) is 0 Å². The Bertz CT molecular complexity index is 250. The first-order chi connectivity index (χ1) is 6.36. The second-order valence-electron chi connectivity index (χ2n) is 2.62. The van der Waals surface area contributed by atoms with Gasteiger partial charge in [0.15, 0.2) is 0 Å². The van der Waals surface area contributed by atoms with Crippen molar-refractivity contribution in [2.24, 2.45) is 0 Å². The number of rotatable bonds is 5. The van der Waals surface area contributed by atoms with Crippen molar-refractivity contribution in [3.63, 3.8) is 0 Å². The standard InChI is InChI=1S/C10H13BrO2/c1-12-5-6-13-10-4-2-3-9(7-10)8-11/h2-4,7H,5-6,8H2,1H3. The van der Waals surface area contributed by atoms with Crippen LogP contribution in [0.3, 0.4) is 0 Å². The summed E-state index contributed by atoms with van der Waals surface area (Å²) >= 11 is 3.39. The molecule has 0 radical (unpaired) electrons. The Morgan fingerprint density at radius 1 is 1.31 bits per heavy atom. The number of methoxy groups -OCH3 is 1. The van der Waals surface area contributed by atoms with Gasteiger partial charge in [0.2, 0.25) is 0 Å². The highest BCUT2D eigenvalue weighted by atomic mass is 79.9. The smallest absolute Gasteiger partial charge is 0.119 e. The molecule has 1 aromatic carbocycles. The van der Waals surface area contributed by atoms with Gasteiger partial charge in [-0.2, -0.15) is 0 Å². The monoisotopic (exact) mass is 244 g/mol. The topological polar surface area (TPSA) is 18.5 Å². The molecule has 0 bridgehead atoms. The van der Waals surface area contributed by atoms with Crippen molar-refractivity contribution in [2.45, 2.75) is 5.33 Å². The highest BCUT2D eigenvalue weighted by molar-refractivity contribution is 9.08. The molecule has 0 N–H and O–H groups in total. The largest absolute Gasteiger partial charge is 0.491 e. The second-order valence-corrected chi connectivity index (χ2v) is 3.18. The number of halogens is 1. The molecule has 0 atom stereocenters. The first kappa shape index (κ1) is 10.5. The SMILES string of the molecule is COCCOc1cccc(CBr)c1. The summed E-state index contributed by atoms with van der Waals surface area (Å²) in [5, 5.41) is 0.856. The zero-order valence-electron chi connectivity index (χ0n) is 7.63. The maximum Gasteiger partial charge on any atom is 0.119 e. The van der Waals surface area contributed by atoms with Crippen molar-refractivity contribution >= 4 is 15.9 Å². The molecule has 0 unspecified atom stereocenters. The lowest BCUT2D eigenvalue weighted by atomic mass is 10.2. The van der Waals surface area contributed by atoms with Crippen LogP contribution in [-0.4, -0.2) is 20.3 Å². The van der Waals surface area contributed by atoms with E-state index in [9.17, 15) is 0 Å². The van der Waals surface area contributed by atoms with Crippen LogP contribution in [0.2, 0.25) is 0 Å². The molecule has 0 spiro atoms. The van der Waals surface area contributed by atoms with Crippen LogP contribution >= 0.6 is 15.9 Å². The molecule has 0 aromatic heterocycles. The minimum Gasteiger partial charge on any atom is -0.491 e. The van der Waals surface area contributed by atoms with E-state index in [1.54, 1.807) is 7.11 Å². The highest BCUT2D eigenvalue weighted by Gasteiger charge is 1.94. The molecule has 0 amide bonds. The summed E-state index contributed by atoms with van der Waals surface area (Å²) in [6.07, 6.45) is 0. The van der Waals surface area contributed by atoms with Gasteiger partial charge in [0.25, 0.3) is 0 Å². The van der Waals surface area contributed by atoms with E-state index in [0.717, 1.165) is 11.1 Å². The van der Waals surface area contributed by atoms with Crippen LogP contribution in [0.5, 0.6) is 5.75 Å². The molecule has 0 saturated heterocycles. The van der Waals surface area contributed by atoms with Crippen molar-refractivity contribution in [1.82, 2.24) is 0 Å². The van der Waals surface area contributed by atoms with E-state index in [2.05, 4.69) is 22.0 Å². The second kappa shape index (κ2) is 6.00. The molecule has 0 aliphatic rings. The molecule has 0 heterocycles. The highest BCUT2D eigenvalue weighted by Crippen LogP contribution is 2.15. The summed E-state index contributed by atoms with van der Waals surface area (Å²) in [6.45, 7) is 1.22. The molecule has 72 valence electrons. The minimum atomic E-state index is 0.599. The third-order valence-electron chi connectivity index (χ3n) is 1.61. The van der Waals surface area contributed by atoms with Gasteiger partial charge in [-0.05, 0) is 17.7 Å². The summed E-state index contributed by atoms with van der Waals surface area (Å²) in [7, 11) is 1.66. The molecular weight excluding hydrogens is 232 g/mol. The number of alkyl halides is 1. The first-order valence-corrected chi connectivity index (χ1v) is 5.25. The van der Waals surface area contributed by atoms with Crippen LogP contribution in [0.4, 0.5) is 0 Å². The summed E-state index contributed by atoms with van der Waals surface area (Å²) in [6, 6.07) is 8.00. The predicted molar refractivity (Wildman–Crippen MR) is 56.4 cm³/mol. The van der Waals surface area contributed by atoms with Crippen molar-refractivity contribution in [3.05, 3.63) is 29.8 Å². The summed E-state index contributed by atoms with van der Waals surface area (Å²) in [4.78, 5) is 0. The van der Waals surface area contributed by atoms with Crippen molar-refractivity contribution in [3.8, 4) is 5.75 Å². The van der Waals surface area contributed by atoms with Crippen LogP contribution in [-0.2, 0) is 10.1 Å². The Kier molecular flexibility index (Phi) is 4.86. The molecule has 3 heteroatoms. The molecule has 0 aliphatic carbocycles. The van der Waals surface area contributed by atoms with E-state index >= 15 is 0 Å². The predicted octanol–water partition coefficient (Wildman–Crippen LogP) is 2.61. The molecule has 0 saturated carbocycles. The average molecular weight is 245 g/mol. The average Bonchev–Trinajstić information content (AvgIpc) is 2.19. The fourth-order valence-electron chi connectivity index (χ4n) is 0.961. The molecule has 0 fully saturated rings. The molecule has 1 rings (SSSR count). The number of ether oxygens (including phenoxy) is 2. The van der Waals surface area contributed by atoms with Gasteiger partial charge >= 0.3 is 0 Å². The quantitative estimate of drug-likeness (QED) is 0.586. The lowest BCUT2D eigenvalue weighted by Gasteiger charge is -2.05. The van der Waals surface area contributed by atoms with Gasteiger partial charge in [-0.25, -0.2) is 0 Å². The minimum absolute atomic E-state index is 0.599. The molecule has 2 nitrogen and oxygen atoms in total. The normalized spacial score (nSPS) is 10.0.